The van der Waals surface area contributed by atoms with Gasteiger partial charge in [0.15, 0.2) is 18.6 Å². The Morgan fingerprint density at radius 3 is 1.82 bits per heavy atom. The number of hydrogen-bond donors (Lipinski definition) is 2. The number of rotatable bonds is 10. The molecule has 7 nitrogen and oxygen atoms in total. The molecule has 7 heteroatoms. The van der Waals surface area contributed by atoms with Crippen LogP contribution >= 0.6 is 0 Å². The van der Waals surface area contributed by atoms with Crippen LogP contribution in [0.5, 0.6) is 0 Å². The van der Waals surface area contributed by atoms with E-state index in [1.807, 2.05) is 6.07 Å². The van der Waals surface area contributed by atoms with E-state index in [9.17, 15) is 0 Å². The second-order valence-electron chi connectivity index (χ2n) is 27.4. The highest BCUT2D eigenvalue weighted by molar-refractivity contribution is 6.38. The van der Waals surface area contributed by atoms with Crippen LogP contribution in [0, 0.1) is 5.92 Å². The van der Waals surface area contributed by atoms with Gasteiger partial charge in [0.1, 0.15) is 22.9 Å². The highest BCUT2D eigenvalue weighted by atomic mass is 16.3. The minimum Gasteiger partial charge on any atom is -0.456 e. The zero-order valence-electron chi connectivity index (χ0n) is 54.9. The van der Waals surface area contributed by atoms with E-state index in [0.717, 1.165) is 84.4 Å². The zero-order chi connectivity index (χ0) is 65.9. The molecule has 0 aliphatic carbocycles. The molecule has 0 fully saturated rings. The topological polar surface area (TPSA) is 81.0 Å². The fourth-order valence-electron chi connectivity index (χ4n) is 16.2. The summed E-state index contributed by atoms with van der Waals surface area (Å²) in [4.78, 5) is 20.7. The third kappa shape index (κ3) is 9.94. The number of nitrogens with one attached hydrogen (secondary N) is 2. The van der Waals surface area contributed by atoms with Gasteiger partial charge in [-0.3, -0.25) is 4.99 Å². The molecule has 20 rings (SSSR count). The summed E-state index contributed by atoms with van der Waals surface area (Å²) >= 11 is 0. The Kier molecular flexibility index (Phi) is 13.4. The standard InChI is InChI=1S/C93H65N6O/c1-56-47-83(77-22-12-24-86-89(77)78-21-9-10-23-85(78)100-86)96-92(74-43-44-80-79(53-74)88-76-20-8-6-16-61(76)41-45-81(88)94-80)98-90(56)73-40-38-69-50-67(34-36-71(69)52-73)65-18-11-17-64(48-65)66-33-35-70-51-72(39-37-68(70)49-66)84-55-99(54-57-25-27-59(28-26-57)58-13-3-2-4-14-58)93(97-84)82-46-42-63-32-31-62-30-29-60-15-5-7-19-75(60)87(62)91(63)95-82/h2-46,48-53,55-56,82,90,93-95H,47,54H2,1H3/q+1. The summed E-state index contributed by atoms with van der Waals surface area (Å²) < 4.78 is 8.88. The van der Waals surface area contributed by atoms with E-state index >= 15 is 0 Å². The first kappa shape index (κ1) is 57.6. The predicted octanol–water partition coefficient (Wildman–Crippen LogP) is 22.9. The van der Waals surface area contributed by atoms with Gasteiger partial charge < -0.3 is 14.7 Å². The molecular formula is C93H65N6O+. The molecule has 0 amide bonds. The van der Waals surface area contributed by atoms with Gasteiger partial charge in [0.05, 0.1) is 17.4 Å². The normalized spacial score (nSPS) is 16.9. The van der Waals surface area contributed by atoms with Crippen molar-refractivity contribution in [3.8, 4) is 33.4 Å². The molecule has 15 aromatic carbocycles. The van der Waals surface area contributed by atoms with Gasteiger partial charge >= 0.3 is 0 Å². The van der Waals surface area contributed by atoms with Crippen molar-refractivity contribution in [1.29, 1.82) is 0 Å². The predicted molar refractivity (Wildman–Crippen MR) is 419 cm³/mol. The van der Waals surface area contributed by atoms with Gasteiger partial charge in [0, 0.05) is 60.2 Å². The molecule has 3 aliphatic rings. The molecule has 4 unspecified atom stereocenters. The van der Waals surface area contributed by atoms with E-state index in [0.29, 0.717) is 6.54 Å². The van der Waals surface area contributed by atoms with Gasteiger partial charge in [-0.05, 0) is 172 Å². The third-order valence-electron chi connectivity index (χ3n) is 21.3. The van der Waals surface area contributed by atoms with Gasteiger partial charge in [0.25, 0.3) is 6.17 Å². The number of H-pyrrole nitrogens is 1. The molecule has 0 radical (unpaired) electrons. The second-order valence-corrected chi connectivity index (χ2v) is 27.4. The highest BCUT2D eigenvalue weighted by Gasteiger charge is 2.37. The maximum atomic E-state index is 6.45. The van der Waals surface area contributed by atoms with Gasteiger partial charge in [-0.15, -0.1) is 0 Å². The molecule has 472 valence electrons. The van der Waals surface area contributed by atoms with Gasteiger partial charge in [-0.1, -0.05) is 250 Å². The number of benzene rings is 15. The largest absolute Gasteiger partial charge is 0.456 e. The minimum atomic E-state index is -0.189. The van der Waals surface area contributed by atoms with Crippen molar-refractivity contribution in [2.45, 2.75) is 38.1 Å². The van der Waals surface area contributed by atoms with Crippen LogP contribution in [0.2, 0.25) is 0 Å². The molecule has 17 aromatic rings. The molecule has 0 saturated heterocycles. The van der Waals surface area contributed by atoms with Crippen molar-refractivity contribution in [3.63, 3.8) is 0 Å². The molecule has 4 atom stereocenters. The quantitative estimate of drug-likeness (QED) is 0.106. The van der Waals surface area contributed by atoms with Crippen LogP contribution in [0.3, 0.4) is 0 Å². The molecule has 0 saturated carbocycles. The first-order valence-electron chi connectivity index (χ1n) is 34.8. The average molecular weight is 1280 g/mol. The molecule has 0 bridgehead atoms. The number of fused-ring (bicyclic) bond motifs is 15. The fraction of sp³-hybridized carbons (Fsp3) is 0.0753. The van der Waals surface area contributed by atoms with E-state index in [4.69, 9.17) is 19.4 Å². The Bertz CT molecular complexity index is 6420. The summed E-state index contributed by atoms with van der Waals surface area (Å²) in [6.45, 7) is 3.04. The van der Waals surface area contributed by atoms with Crippen molar-refractivity contribution in [2.24, 2.45) is 20.9 Å². The molecule has 2 aromatic heterocycles. The maximum Gasteiger partial charge on any atom is 0.270 e. The summed E-state index contributed by atoms with van der Waals surface area (Å²) in [5, 5.41) is 20.7. The molecule has 2 N–H and O–H groups in total. The van der Waals surface area contributed by atoms with E-state index < -0.39 is 0 Å². The number of anilines is 1. The molecule has 5 heterocycles. The van der Waals surface area contributed by atoms with E-state index in [1.54, 1.807) is 0 Å². The summed E-state index contributed by atoms with van der Waals surface area (Å²) in [7, 11) is 0. The smallest absolute Gasteiger partial charge is 0.270 e. The molecular weight excluding hydrogens is 1220 g/mol. The first-order valence-corrected chi connectivity index (χ1v) is 34.8. The Morgan fingerprint density at radius 2 is 1.02 bits per heavy atom. The Balaban J connectivity index is 0.600. The van der Waals surface area contributed by atoms with Crippen LogP contribution in [0.25, 0.3) is 137 Å². The number of amidine groups is 1. The second kappa shape index (κ2) is 23.3. The van der Waals surface area contributed by atoms with Crippen molar-refractivity contribution in [2.75, 3.05) is 5.32 Å². The summed E-state index contributed by atoms with van der Waals surface area (Å²) in [6, 6.07) is 108. The number of aromatic amines is 1. The number of para-hydroxylation sites is 1. The summed E-state index contributed by atoms with van der Waals surface area (Å²) in [6.07, 6.45) is 7.41. The lowest BCUT2D eigenvalue weighted by Crippen LogP contribution is -2.39. The zero-order valence-corrected chi connectivity index (χ0v) is 54.9. The minimum absolute atomic E-state index is 0.0779. The van der Waals surface area contributed by atoms with E-state index in [2.05, 4.69) is 331 Å². The van der Waals surface area contributed by atoms with Crippen LogP contribution in [-0.4, -0.2) is 45.2 Å². The molecule has 100 heavy (non-hydrogen) atoms. The van der Waals surface area contributed by atoms with Gasteiger partial charge in [-0.25, -0.2) is 14.6 Å². The summed E-state index contributed by atoms with van der Waals surface area (Å²) in [5.74, 6) is 0.848. The summed E-state index contributed by atoms with van der Waals surface area (Å²) in [5.41, 5.74) is 21.0. The number of furan rings is 1. The number of hydrogen-bond acceptors (Lipinski definition) is 5. The van der Waals surface area contributed by atoms with Crippen molar-refractivity contribution in [3.05, 3.63) is 337 Å². The van der Waals surface area contributed by atoms with Gasteiger partial charge in [0.2, 0.25) is 0 Å². The maximum absolute atomic E-state index is 6.45. The first-order chi connectivity index (χ1) is 49.4. The van der Waals surface area contributed by atoms with Crippen molar-refractivity contribution in [1.82, 2.24) is 4.98 Å². The lowest BCUT2D eigenvalue weighted by Gasteiger charge is -2.26. The molecule has 0 spiro atoms. The Hall–Kier alpha value is -12.6. The van der Waals surface area contributed by atoms with Crippen molar-refractivity contribution >= 4 is 133 Å². The van der Waals surface area contributed by atoms with E-state index in [1.165, 1.54) is 109 Å². The SMILES string of the molecule is CC1CC(c2cccc3oc4ccccc4c23)=NC(c2ccc3[nH]c4ccc5ccccc5c4c3c2)=NC1c1ccc2cc(-c3cccc(-c4ccc5cc(C6=NC(C7C=Cc8ccc9ccc%10ccccc%10c9c8N7)[N+](Cc7ccc(-c8ccccc8)cc7)=C6)ccc5c4)c3)ccc2c1. The van der Waals surface area contributed by atoms with Crippen LogP contribution in [0.1, 0.15) is 52.8 Å². The number of aromatic nitrogens is 1. The van der Waals surface area contributed by atoms with E-state index in [-0.39, 0.29) is 24.2 Å². The third-order valence-corrected chi connectivity index (χ3v) is 21.3. The molecule has 3 aliphatic heterocycles. The Morgan fingerprint density at radius 1 is 0.430 bits per heavy atom. The fourth-order valence-corrected chi connectivity index (χ4v) is 16.2. The number of nitrogens with zero attached hydrogens (tertiary/aromatic N) is 4. The average Bonchev–Trinajstić information content (AvgIpc) is 1.40. The van der Waals surface area contributed by atoms with Gasteiger partial charge in [-0.2, -0.15) is 0 Å². The lowest BCUT2D eigenvalue weighted by atomic mass is 9.87. The van der Waals surface area contributed by atoms with Crippen LogP contribution in [0.15, 0.2) is 323 Å². The lowest BCUT2D eigenvalue weighted by molar-refractivity contribution is -0.571. The highest BCUT2D eigenvalue weighted by Crippen LogP contribution is 2.43. The Labute approximate surface area is 577 Å². The van der Waals surface area contributed by atoms with Crippen LogP contribution in [-0.2, 0) is 6.54 Å². The number of aliphatic imine (C=N–C) groups is 3. The van der Waals surface area contributed by atoms with Crippen LogP contribution in [0.4, 0.5) is 5.69 Å². The monoisotopic (exact) mass is 1280 g/mol. The van der Waals surface area contributed by atoms with Crippen molar-refractivity contribution < 1.29 is 8.99 Å². The van der Waals surface area contributed by atoms with Crippen LogP contribution < -0.4 is 5.32 Å².